The lowest BCUT2D eigenvalue weighted by atomic mass is 9.93. The van der Waals surface area contributed by atoms with Crippen LogP contribution in [-0.4, -0.2) is 4.57 Å². The van der Waals surface area contributed by atoms with Crippen molar-refractivity contribution in [1.29, 1.82) is 0 Å². The van der Waals surface area contributed by atoms with Crippen LogP contribution in [0.2, 0.25) is 0 Å². The SMILES string of the molecule is C1=Cc2c(sc3ccc(N(c4ccccc4)c4ccc(-c5ccc6cc(-c7ccccc7)ccc6c5)cc4-c4ccc5c6ccccc6n(-c6ccccc6)c5c4)cc23)CC1. The number of hydrogen-bond donors (Lipinski definition) is 0. The van der Waals surface area contributed by atoms with Gasteiger partial charge in [-0.2, -0.15) is 0 Å². The first kappa shape index (κ1) is 35.5. The summed E-state index contributed by atoms with van der Waals surface area (Å²) in [6.07, 6.45) is 6.88. The molecule has 11 aromatic rings. The van der Waals surface area contributed by atoms with Crippen LogP contribution in [0, 0.1) is 0 Å². The zero-order chi connectivity index (χ0) is 40.3. The quantitative estimate of drug-likeness (QED) is 0.156. The summed E-state index contributed by atoms with van der Waals surface area (Å²) >= 11 is 1.94. The molecule has 0 saturated carbocycles. The van der Waals surface area contributed by atoms with Crippen LogP contribution in [0.25, 0.3) is 87.8 Å². The number of aryl methyl sites for hydroxylation is 1. The van der Waals surface area contributed by atoms with E-state index in [0.717, 1.165) is 41.2 Å². The predicted octanol–water partition coefficient (Wildman–Crippen LogP) is 16.6. The molecule has 0 aliphatic heterocycles. The molecule has 2 heterocycles. The fraction of sp³-hybridized carbons (Fsp3) is 0.0345. The Kier molecular flexibility index (Phi) is 8.53. The van der Waals surface area contributed by atoms with E-state index in [0.29, 0.717) is 0 Å². The van der Waals surface area contributed by atoms with Gasteiger partial charge in [-0.25, -0.2) is 0 Å². The average Bonchev–Trinajstić information content (AvgIpc) is 3.87. The first-order chi connectivity index (χ1) is 30.2. The minimum absolute atomic E-state index is 1.11. The maximum absolute atomic E-state index is 2.46. The molecule has 0 fully saturated rings. The van der Waals surface area contributed by atoms with Gasteiger partial charge in [0.15, 0.2) is 0 Å². The number of thiophene rings is 1. The number of rotatable bonds is 7. The lowest BCUT2D eigenvalue weighted by Gasteiger charge is -2.28. The van der Waals surface area contributed by atoms with Crippen LogP contribution >= 0.6 is 11.3 Å². The molecule has 0 saturated heterocycles. The van der Waals surface area contributed by atoms with Crippen molar-refractivity contribution in [3.8, 4) is 39.1 Å². The van der Waals surface area contributed by atoms with E-state index in [1.165, 1.54) is 80.9 Å². The maximum atomic E-state index is 2.46. The normalized spacial score (nSPS) is 12.4. The largest absolute Gasteiger partial charge is 0.310 e. The van der Waals surface area contributed by atoms with Gasteiger partial charge in [0.1, 0.15) is 0 Å². The smallest absolute Gasteiger partial charge is 0.0547 e. The molecular formula is C58H40N2S. The number of hydrogen-bond acceptors (Lipinski definition) is 2. The number of anilines is 3. The molecule has 3 heteroatoms. The maximum Gasteiger partial charge on any atom is 0.0547 e. The molecule has 12 rings (SSSR count). The second-order valence-corrected chi connectivity index (χ2v) is 17.2. The van der Waals surface area contributed by atoms with Gasteiger partial charge in [-0.3, -0.25) is 0 Å². The average molecular weight is 797 g/mol. The van der Waals surface area contributed by atoms with E-state index in [9.17, 15) is 0 Å². The number of allylic oxidation sites excluding steroid dienone is 1. The van der Waals surface area contributed by atoms with Crippen molar-refractivity contribution in [1.82, 2.24) is 4.57 Å². The van der Waals surface area contributed by atoms with Gasteiger partial charge in [-0.05, 0) is 136 Å². The molecule has 0 spiro atoms. The van der Waals surface area contributed by atoms with Crippen molar-refractivity contribution in [3.05, 3.63) is 223 Å². The molecule has 0 amide bonds. The molecule has 61 heavy (non-hydrogen) atoms. The lowest BCUT2D eigenvalue weighted by Crippen LogP contribution is -2.11. The first-order valence-corrected chi connectivity index (χ1v) is 21.9. The van der Waals surface area contributed by atoms with Gasteiger partial charge in [-0.15, -0.1) is 11.3 Å². The van der Waals surface area contributed by atoms with Crippen LogP contribution in [-0.2, 0) is 6.42 Å². The van der Waals surface area contributed by atoms with E-state index >= 15 is 0 Å². The Morgan fingerprint density at radius 1 is 0.443 bits per heavy atom. The summed E-state index contributed by atoms with van der Waals surface area (Å²) < 4.78 is 3.76. The zero-order valence-electron chi connectivity index (χ0n) is 33.5. The molecule has 0 atom stereocenters. The van der Waals surface area contributed by atoms with Gasteiger partial charge in [0, 0.05) is 48.4 Å². The predicted molar refractivity (Wildman–Crippen MR) is 262 cm³/mol. The van der Waals surface area contributed by atoms with E-state index in [1.54, 1.807) is 0 Å². The molecule has 0 N–H and O–H groups in total. The fourth-order valence-corrected chi connectivity index (χ4v) is 10.6. The van der Waals surface area contributed by atoms with Crippen LogP contribution in [0.3, 0.4) is 0 Å². The third kappa shape index (κ3) is 6.17. The summed E-state index contributed by atoms with van der Waals surface area (Å²) in [5.41, 5.74) is 15.5. The summed E-state index contributed by atoms with van der Waals surface area (Å²) in [7, 11) is 0. The Morgan fingerprint density at radius 3 is 1.90 bits per heavy atom. The molecule has 1 aliphatic rings. The number of benzene rings is 9. The van der Waals surface area contributed by atoms with Gasteiger partial charge in [0.2, 0.25) is 0 Å². The Labute approximate surface area is 359 Å². The number of aromatic nitrogens is 1. The van der Waals surface area contributed by atoms with Gasteiger partial charge >= 0.3 is 0 Å². The van der Waals surface area contributed by atoms with Crippen LogP contribution in [0.4, 0.5) is 17.1 Å². The highest BCUT2D eigenvalue weighted by atomic mass is 32.1. The Bertz CT molecular complexity index is 3470. The number of fused-ring (bicyclic) bond motifs is 7. The third-order valence-corrected chi connectivity index (χ3v) is 13.6. The number of para-hydroxylation sites is 3. The van der Waals surface area contributed by atoms with Crippen molar-refractivity contribution in [2.45, 2.75) is 12.8 Å². The molecule has 2 nitrogen and oxygen atoms in total. The zero-order valence-corrected chi connectivity index (χ0v) is 34.3. The van der Waals surface area contributed by atoms with Gasteiger partial charge < -0.3 is 9.47 Å². The minimum Gasteiger partial charge on any atom is -0.310 e. The highest BCUT2D eigenvalue weighted by Gasteiger charge is 2.22. The van der Waals surface area contributed by atoms with Gasteiger partial charge in [0.05, 0.1) is 16.7 Å². The Balaban J connectivity index is 1.08. The Hall–Kier alpha value is -7.46. The van der Waals surface area contributed by atoms with Gasteiger partial charge in [-0.1, -0.05) is 140 Å². The summed E-state index contributed by atoms with van der Waals surface area (Å²) in [6, 6.07) is 75.9. The van der Waals surface area contributed by atoms with Crippen LogP contribution in [0.5, 0.6) is 0 Å². The summed E-state index contributed by atoms with van der Waals surface area (Å²) in [6.45, 7) is 0. The first-order valence-electron chi connectivity index (χ1n) is 21.1. The van der Waals surface area contributed by atoms with Crippen molar-refractivity contribution in [2.24, 2.45) is 0 Å². The number of nitrogens with zero attached hydrogens (tertiary/aromatic N) is 2. The van der Waals surface area contributed by atoms with E-state index in [1.807, 2.05) is 11.3 Å². The van der Waals surface area contributed by atoms with E-state index < -0.39 is 0 Å². The van der Waals surface area contributed by atoms with Crippen LogP contribution < -0.4 is 4.90 Å². The van der Waals surface area contributed by atoms with Crippen LogP contribution in [0.15, 0.2) is 212 Å². The molecule has 9 aromatic carbocycles. The molecule has 0 unspecified atom stereocenters. The van der Waals surface area contributed by atoms with Crippen molar-refractivity contribution in [2.75, 3.05) is 4.90 Å². The van der Waals surface area contributed by atoms with Crippen LogP contribution in [0.1, 0.15) is 16.9 Å². The topological polar surface area (TPSA) is 8.17 Å². The second kappa shape index (κ2) is 14.7. The highest BCUT2D eigenvalue weighted by molar-refractivity contribution is 7.19. The van der Waals surface area contributed by atoms with E-state index in [4.69, 9.17) is 0 Å². The summed E-state index contributed by atoms with van der Waals surface area (Å²) in [5, 5.41) is 6.28. The molecule has 0 bridgehead atoms. The molecular weight excluding hydrogens is 757 g/mol. The third-order valence-electron chi connectivity index (χ3n) is 12.4. The lowest BCUT2D eigenvalue weighted by molar-refractivity contribution is 1.02. The molecule has 1 aliphatic carbocycles. The highest BCUT2D eigenvalue weighted by Crippen LogP contribution is 2.46. The van der Waals surface area contributed by atoms with E-state index in [-0.39, 0.29) is 0 Å². The Morgan fingerprint density at radius 2 is 1.10 bits per heavy atom. The second-order valence-electron chi connectivity index (χ2n) is 16.0. The minimum atomic E-state index is 1.11. The molecule has 288 valence electrons. The van der Waals surface area contributed by atoms with Crippen molar-refractivity contribution in [3.63, 3.8) is 0 Å². The van der Waals surface area contributed by atoms with Crippen molar-refractivity contribution >= 4 is 77.1 Å². The van der Waals surface area contributed by atoms with Crippen molar-refractivity contribution < 1.29 is 0 Å². The molecule has 2 aromatic heterocycles. The summed E-state index contributed by atoms with van der Waals surface area (Å²) in [5.74, 6) is 0. The summed E-state index contributed by atoms with van der Waals surface area (Å²) in [4.78, 5) is 3.94. The fourth-order valence-electron chi connectivity index (χ4n) is 9.45. The monoisotopic (exact) mass is 796 g/mol. The molecule has 0 radical (unpaired) electrons. The van der Waals surface area contributed by atoms with E-state index in [2.05, 4.69) is 228 Å². The van der Waals surface area contributed by atoms with Gasteiger partial charge in [0.25, 0.3) is 0 Å². The standard InChI is InChI=1S/C58H40N2S/c1-4-14-39(15-5-1)40-24-25-42-35-43(27-26-41(42)34-40)44-29-32-55(59(46-16-6-2-7-17-46)48-30-33-58-53(38-48)51-21-11-13-23-57(51)61-58)52(36-44)45-28-31-50-49-20-10-12-22-54(49)60(56(50)37-45)47-18-8-3-9-19-47/h1-12,14-22,24-38H,13,23H2.